The lowest BCUT2D eigenvalue weighted by Gasteiger charge is -2.28. The van der Waals surface area contributed by atoms with Crippen LogP contribution in [0.2, 0.25) is 0 Å². The molecule has 0 aromatic heterocycles. The molecule has 1 heterocycles. The summed E-state index contributed by atoms with van der Waals surface area (Å²) in [6.07, 6.45) is 0.398. The van der Waals surface area contributed by atoms with E-state index in [1.54, 1.807) is 0 Å². The number of likely N-dealkylation sites (N-methyl/N-ethyl adjacent to an activating group) is 1. The van der Waals surface area contributed by atoms with E-state index < -0.39 is 23.7 Å². The highest BCUT2D eigenvalue weighted by Crippen LogP contribution is 2.16. The third-order valence-electron chi connectivity index (χ3n) is 3.21. The molecule has 1 saturated heterocycles. The molecule has 1 aliphatic heterocycles. The summed E-state index contributed by atoms with van der Waals surface area (Å²) in [7, 11) is 1.36. The van der Waals surface area contributed by atoms with Crippen LogP contribution in [0, 0.1) is 5.82 Å². The smallest absolute Gasteiger partial charge is 0.254 e. The molecule has 1 unspecified atom stereocenters. The average Bonchev–Trinajstić information content (AvgIpc) is 2.42. The molecule has 0 aliphatic carbocycles. The van der Waals surface area contributed by atoms with Crippen LogP contribution >= 0.6 is 0 Å². The molecule has 3 amide bonds. The Balaban J connectivity index is 2.14. The first-order valence-corrected chi connectivity index (χ1v) is 6.06. The molecule has 1 aromatic rings. The zero-order chi connectivity index (χ0) is 14.9. The zero-order valence-corrected chi connectivity index (χ0v) is 10.9. The molecule has 0 saturated carbocycles. The Morgan fingerprint density at radius 1 is 1.45 bits per heavy atom. The van der Waals surface area contributed by atoms with Gasteiger partial charge in [-0.2, -0.15) is 0 Å². The van der Waals surface area contributed by atoms with Crippen LogP contribution < -0.4 is 11.1 Å². The van der Waals surface area contributed by atoms with E-state index >= 15 is 0 Å². The van der Waals surface area contributed by atoms with Crippen LogP contribution in [-0.2, 0) is 9.59 Å². The van der Waals surface area contributed by atoms with Crippen molar-refractivity contribution in [3.8, 4) is 0 Å². The third kappa shape index (κ3) is 2.61. The number of likely N-dealkylation sites (tertiary alicyclic amines) is 1. The molecule has 1 aromatic carbocycles. The van der Waals surface area contributed by atoms with Crippen molar-refractivity contribution in [2.45, 2.75) is 18.9 Å². The molecule has 0 spiro atoms. The lowest BCUT2D eigenvalue weighted by Crippen LogP contribution is -2.53. The molecular formula is C13H14FN3O3. The molecule has 20 heavy (non-hydrogen) atoms. The van der Waals surface area contributed by atoms with Gasteiger partial charge in [0.2, 0.25) is 5.91 Å². The van der Waals surface area contributed by atoms with Crippen LogP contribution in [0.25, 0.3) is 0 Å². The summed E-state index contributed by atoms with van der Waals surface area (Å²) in [5, 5.41) is 2.47. The van der Waals surface area contributed by atoms with E-state index in [-0.39, 0.29) is 30.0 Å². The Hall–Kier alpha value is -2.44. The van der Waals surface area contributed by atoms with Gasteiger partial charge in [0.05, 0.1) is 5.56 Å². The zero-order valence-electron chi connectivity index (χ0n) is 10.9. The average molecular weight is 279 g/mol. The second kappa shape index (κ2) is 5.28. The van der Waals surface area contributed by atoms with E-state index in [2.05, 4.69) is 5.32 Å². The lowest BCUT2D eigenvalue weighted by atomic mass is 10.0. The van der Waals surface area contributed by atoms with Gasteiger partial charge < -0.3 is 11.1 Å². The third-order valence-corrected chi connectivity index (χ3v) is 3.21. The molecule has 0 bridgehead atoms. The summed E-state index contributed by atoms with van der Waals surface area (Å²) >= 11 is 0. The number of nitrogen functional groups attached to an aromatic ring is 1. The molecule has 3 N–H and O–H groups in total. The van der Waals surface area contributed by atoms with E-state index in [0.29, 0.717) is 0 Å². The number of hydrogen-bond donors (Lipinski definition) is 2. The van der Waals surface area contributed by atoms with Gasteiger partial charge in [-0.15, -0.1) is 0 Å². The molecule has 0 radical (unpaired) electrons. The number of nitrogens with two attached hydrogens (primary N) is 1. The number of anilines is 1. The number of nitrogens with one attached hydrogen (secondary N) is 1. The fourth-order valence-electron chi connectivity index (χ4n) is 2.01. The molecule has 106 valence electrons. The second-order valence-corrected chi connectivity index (χ2v) is 4.59. The number of amides is 3. The topological polar surface area (TPSA) is 92.5 Å². The van der Waals surface area contributed by atoms with Crippen molar-refractivity contribution in [2.75, 3.05) is 12.8 Å². The minimum Gasteiger partial charge on any atom is -0.398 e. The van der Waals surface area contributed by atoms with E-state index in [1.807, 2.05) is 0 Å². The van der Waals surface area contributed by atoms with Crippen molar-refractivity contribution in [1.29, 1.82) is 0 Å². The number of rotatable bonds is 2. The minimum absolute atomic E-state index is 0.0302. The molecule has 1 aliphatic rings. The standard InChI is InChI=1S/C13H14FN3O3/c1-17-11(18)5-4-10(13(17)20)16-12(19)8-6-7(14)2-3-9(8)15/h2-3,6,10H,4-5,15H2,1H3,(H,16,19). The Morgan fingerprint density at radius 3 is 2.85 bits per heavy atom. The summed E-state index contributed by atoms with van der Waals surface area (Å²) in [6.45, 7) is 0. The second-order valence-electron chi connectivity index (χ2n) is 4.59. The van der Waals surface area contributed by atoms with Gasteiger partial charge in [0, 0.05) is 19.2 Å². The maximum Gasteiger partial charge on any atom is 0.254 e. The fraction of sp³-hybridized carbons (Fsp3) is 0.308. The Labute approximate surface area is 114 Å². The number of nitrogens with zero attached hydrogens (tertiary/aromatic N) is 1. The number of benzene rings is 1. The Kier molecular flexibility index (Phi) is 3.69. The Bertz CT molecular complexity index is 588. The first kappa shape index (κ1) is 14.0. The largest absolute Gasteiger partial charge is 0.398 e. The summed E-state index contributed by atoms with van der Waals surface area (Å²) in [5.41, 5.74) is 5.69. The normalized spacial score (nSPS) is 19.1. The maximum absolute atomic E-state index is 13.1. The van der Waals surface area contributed by atoms with Crippen molar-refractivity contribution < 1.29 is 18.8 Å². The molecule has 1 atom stereocenters. The predicted octanol–water partition coefficient (Wildman–Crippen LogP) is 0.285. The van der Waals surface area contributed by atoms with Crippen molar-refractivity contribution in [3.63, 3.8) is 0 Å². The van der Waals surface area contributed by atoms with Gasteiger partial charge in [0.25, 0.3) is 11.8 Å². The predicted molar refractivity (Wildman–Crippen MR) is 69.1 cm³/mol. The van der Waals surface area contributed by atoms with Crippen LogP contribution in [0.4, 0.5) is 10.1 Å². The van der Waals surface area contributed by atoms with Crippen LogP contribution in [-0.4, -0.2) is 35.7 Å². The number of imide groups is 1. The van der Waals surface area contributed by atoms with E-state index in [0.717, 1.165) is 17.0 Å². The summed E-state index contributed by atoms with van der Waals surface area (Å²) in [6, 6.07) is 2.63. The SMILES string of the molecule is CN1C(=O)CCC(NC(=O)c2cc(F)ccc2N)C1=O. The van der Waals surface area contributed by atoms with Crippen molar-refractivity contribution in [3.05, 3.63) is 29.6 Å². The van der Waals surface area contributed by atoms with Gasteiger partial charge in [-0.05, 0) is 24.6 Å². The van der Waals surface area contributed by atoms with Crippen LogP contribution in [0.1, 0.15) is 23.2 Å². The highest BCUT2D eigenvalue weighted by Gasteiger charge is 2.33. The number of carbonyl (C=O) groups is 3. The van der Waals surface area contributed by atoms with E-state index in [4.69, 9.17) is 5.73 Å². The Morgan fingerprint density at radius 2 is 2.15 bits per heavy atom. The van der Waals surface area contributed by atoms with Gasteiger partial charge in [-0.1, -0.05) is 0 Å². The minimum atomic E-state index is -0.798. The first-order valence-electron chi connectivity index (χ1n) is 6.06. The highest BCUT2D eigenvalue weighted by atomic mass is 19.1. The number of hydrogen-bond acceptors (Lipinski definition) is 4. The highest BCUT2D eigenvalue weighted by molar-refractivity contribution is 6.05. The van der Waals surface area contributed by atoms with Crippen molar-refractivity contribution >= 4 is 23.4 Å². The summed E-state index contributed by atoms with van der Waals surface area (Å²) < 4.78 is 13.1. The quantitative estimate of drug-likeness (QED) is 0.601. The molecule has 1 fully saturated rings. The van der Waals surface area contributed by atoms with E-state index in [9.17, 15) is 18.8 Å². The number of halogens is 1. The van der Waals surface area contributed by atoms with Gasteiger partial charge >= 0.3 is 0 Å². The maximum atomic E-state index is 13.1. The van der Waals surface area contributed by atoms with Gasteiger partial charge in [0.1, 0.15) is 11.9 Å². The van der Waals surface area contributed by atoms with E-state index in [1.165, 1.54) is 13.1 Å². The monoisotopic (exact) mass is 279 g/mol. The van der Waals surface area contributed by atoms with Crippen molar-refractivity contribution in [1.82, 2.24) is 10.2 Å². The van der Waals surface area contributed by atoms with Gasteiger partial charge in [-0.3, -0.25) is 19.3 Å². The fourth-order valence-corrected chi connectivity index (χ4v) is 2.01. The summed E-state index contributed by atoms with van der Waals surface area (Å²) in [4.78, 5) is 36.1. The van der Waals surface area contributed by atoms with Crippen LogP contribution in [0.5, 0.6) is 0 Å². The first-order chi connectivity index (χ1) is 9.40. The molecule has 2 rings (SSSR count). The van der Waals surface area contributed by atoms with Crippen molar-refractivity contribution in [2.24, 2.45) is 0 Å². The van der Waals surface area contributed by atoms with Gasteiger partial charge in [-0.25, -0.2) is 4.39 Å². The molecule has 7 heteroatoms. The summed E-state index contributed by atoms with van der Waals surface area (Å²) in [5.74, 6) is -2.00. The lowest BCUT2D eigenvalue weighted by molar-refractivity contribution is -0.147. The van der Waals surface area contributed by atoms with Crippen LogP contribution in [0.3, 0.4) is 0 Å². The molecular weight excluding hydrogens is 265 g/mol. The van der Waals surface area contributed by atoms with Gasteiger partial charge in [0.15, 0.2) is 0 Å². The molecule has 6 nitrogen and oxygen atoms in total. The number of piperidine rings is 1. The van der Waals surface area contributed by atoms with Crippen LogP contribution in [0.15, 0.2) is 18.2 Å². The number of carbonyl (C=O) groups excluding carboxylic acids is 3.